The van der Waals surface area contributed by atoms with Crippen LogP contribution < -0.4 is 11.3 Å². The average molecular weight is 294 g/mol. The molecule has 6 heteroatoms. The monoisotopic (exact) mass is 294 g/mol. The van der Waals surface area contributed by atoms with E-state index in [-0.39, 0.29) is 5.75 Å². The number of hydrogen-bond donors (Lipinski definition) is 1. The lowest BCUT2D eigenvalue weighted by molar-refractivity contribution is 0.583. The summed E-state index contributed by atoms with van der Waals surface area (Å²) < 4.78 is 25.7. The number of rotatable bonds is 4. The van der Waals surface area contributed by atoms with Crippen LogP contribution in [-0.2, 0) is 10.0 Å². The first-order valence-electron chi connectivity index (χ1n) is 6.52. The van der Waals surface area contributed by atoms with Crippen molar-refractivity contribution >= 4 is 26.6 Å². The van der Waals surface area contributed by atoms with Gasteiger partial charge in [-0.1, -0.05) is 19.4 Å². The van der Waals surface area contributed by atoms with Gasteiger partial charge in [0.15, 0.2) is 0 Å². The van der Waals surface area contributed by atoms with E-state index in [1.54, 1.807) is 25.1 Å². The summed E-state index contributed by atoms with van der Waals surface area (Å²) in [5, 5.41) is 0.691. The maximum absolute atomic E-state index is 12.4. The minimum atomic E-state index is -3.67. The molecule has 0 unspecified atom stereocenters. The molecule has 1 heterocycles. The van der Waals surface area contributed by atoms with Crippen molar-refractivity contribution in [3.8, 4) is 0 Å². The number of benzene rings is 1. The molecule has 0 saturated carbocycles. The van der Waals surface area contributed by atoms with Gasteiger partial charge in [0.2, 0.25) is 10.0 Å². The average Bonchev–Trinajstić information content (AvgIpc) is 2.38. The number of pyridine rings is 1. The predicted molar refractivity (Wildman–Crippen MR) is 81.5 cm³/mol. The minimum absolute atomic E-state index is 0.0449. The van der Waals surface area contributed by atoms with E-state index in [0.29, 0.717) is 28.6 Å². The predicted octanol–water partition coefficient (Wildman–Crippen LogP) is 1.87. The lowest BCUT2D eigenvalue weighted by Gasteiger charge is -2.12. The van der Waals surface area contributed by atoms with Gasteiger partial charge in [0.25, 0.3) is 5.56 Å². The third-order valence-corrected chi connectivity index (χ3v) is 4.92. The van der Waals surface area contributed by atoms with Crippen molar-refractivity contribution in [2.45, 2.75) is 26.7 Å². The van der Waals surface area contributed by atoms with Crippen LogP contribution in [0, 0.1) is 6.92 Å². The highest BCUT2D eigenvalue weighted by Crippen LogP contribution is 2.19. The van der Waals surface area contributed by atoms with Gasteiger partial charge >= 0.3 is 0 Å². The van der Waals surface area contributed by atoms with Crippen molar-refractivity contribution < 1.29 is 8.42 Å². The topological polar surface area (TPSA) is 82.2 Å². The van der Waals surface area contributed by atoms with Crippen molar-refractivity contribution in [1.82, 2.24) is 3.97 Å². The Bertz CT molecular complexity index is 807. The van der Waals surface area contributed by atoms with Crippen LogP contribution in [-0.4, -0.2) is 18.1 Å². The number of aromatic nitrogens is 1. The highest BCUT2D eigenvalue weighted by Gasteiger charge is 2.19. The van der Waals surface area contributed by atoms with Crippen LogP contribution in [0.25, 0.3) is 10.9 Å². The molecule has 5 nitrogen and oxygen atoms in total. The number of aryl methyl sites for hydroxylation is 1. The van der Waals surface area contributed by atoms with E-state index >= 15 is 0 Å². The fourth-order valence-corrected chi connectivity index (χ4v) is 3.81. The molecule has 2 rings (SSSR count). The molecule has 108 valence electrons. The summed E-state index contributed by atoms with van der Waals surface area (Å²) in [6.07, 6.45) is 1.27. The van der Waals surface area contributed by atoms with Gasteiger partial charge in [-0.2, -0.15) is 0 Å². The highest BCUT2D eigenvalue weighted by atomic mass is 32.2. The zero-order valence-electron chi connectivity index (χ0n) is 11.6. The Morgan fingerprint density at radius 3 is 2.60 bits per heavy atom. The lowest BCUT2D eigenvalue weighted by Crippen LogP contribution is -2.31. The molecule has 0 aliphatic carbocycles. The molecule has 20 heavy (non-hydrogen) atoms. The van der Waals surface area contributed by atoms with Crippen LogP contribution >= 0.6 is 0 Å². The Morgan fingerprint density at radius 1 is 1.25 bits per heavy atom. The van der Waals surface area contributed by atoms with Crippen LogP contribution in [0.4, 0.5) is 5.69 Å². The highest BCUT2D eigenvalue weighted by molar-refractivity contribution is 7.90. The van der Waals surface area contributed by atoms with Gasteiger partial charge in [0, 0.05) is 11.3 Å². The third kappa shape index (κ3) is 2.56. The van der Waals surface area contributed by atoms with Crippen molar-refractivity contribution in [2.24, 2.45) is 0 Å². The zero-order valence-corrected chi connectivity index (χ0v) is 12.4. The SMILES string of the molecule is CCCCS(=O)(=O)n1c(=O)c(C)cc2ccc(N)cc21. The Morgan fingerprint density at radius 2 is 1.95 bits per heavy atom. The molecule has 0 amide bonds. The third-order valence-electron chi connectivity index (χ3n) is 3.20. The summed E-state index contributed by atoms with van der Waals surface area (Å²) >= 11 is 0. The molecule has 0 aliphatic heterocycles. The van der Waals surface area contributed by atoms with E-state index in [9.17, 15) is 13.2 Å². The van der Waals surface area contributed by atoms with Crippen molar-refractivity contribution in [3.63, 3.8) is 0 Å². The smallest absolute Gasteiger partial charge is 0.267 e. The summed E-state index contributed by atoms with van der Waals surface area (Å²) in [5.74, 6) is -0.0449. The first-order valence-corrected chi connectivity index (χ1v) is 8.13. The summed E-state index contributed by atoms with van der Waals surface area (Å²) in [5.41, 5.74) is 6.39. The summed E-state index contributed by atoms with van der Waals surface area (Å²) in [4.78, 5) is 12.2. The molecule has 1 aromatic heterocycles. The number of nitrogens with zero attached hydrogens (tertiary/aromatic N) is 1. The number of fused-ring (bicyclic) bond motifs is 1. The molecular weight excluding hydrogens is 276 g/mol. The Balaban J connectivity index is 2.83. The molecule has 0 bridgehead atoms. The van der Waals surface area contributed by atoms with Crippen LogP contribution in [0.15, 0.2) is 29.1 Å². The summed E-state index contributed by atoms with van der Waals surface area (Å²) in [6, 6.07) is 6.63. The molecule has 0 aliphatic rings. The van der Waals surface area contributed by atoms with Gasteiger partial charge in [-0.25, -0.2) is 12.4 Å². The van der Waals surface area contributed by atoms with Gasteiger partial charge in [0.1, 0.15) is 0 Å². The minimum Gasteiger partial charge on any atom is -0.399 e. The van der Waals surface area contributed by atoms with Crippen molar-refractivity contribution in [3.05, 3.63) is 40.2 Å². The molecule has 0 saturated heterocycles. The van der Waals surface area contributed by atoms with Gasteiger partial charge in [0.05, 0.1) is 11.3 Å². The van der Waals surface area contributed by atoms with Gasteiger partial charge in [-0.3, -0.25) is 4.79 Å². The van der Waals surface area contributed by atoms with Gasteiger partial charge < -0.3 is 5.73 Å². The number of nitrogens with two attached hydrogens (primary N) is 1. The number of nitrogen functional groups attached to an aromatic ring is 1. The van der Waals surface area contributed by atoms with E-state index in [4.69, 9.17) is 5.73 Å². The van der Waals surface area contributed by atoms with Crippen LogP contribution in [0.5, 0.6) is 0 Å². The number of hydrogen-bond acceptors (Lipinski definition) is 4. The Hall–Kier alpha value is -1.82. The summed E-state index contributed by atoms with van der Waals surface area (Å²) in [6.45, 7) is 3.52. The molecule has 2 aromatic rings. The van der Waals surface area contributed by atoms with Crippen LogP contribution in [0.1, 0.15) is 25.3 Å². The second-order valence-electron chi connectivity index (χ2n) is 4.88. The normalized spacial score (nSPS) is 11.9. The summed E-state index contributed by atoms with van der Waals surface area (Å²) in [7, 11) is -3.67. The van der Waals surface area contributed by atoms with Gasteiger partial charge in [-0.05, 0) is 36.9 Å². The molecule has 0 atom stereocenters. The molecule has 0 fully saturated rings. The fraction of sp³-hybridized carbons (Fsp3) is 0.357. The zero-order chi connectivity index (χ0) is 14.9. The van der Waals surface area contributed by atoms with E-state index in [0.717, 1.165) is 10.4 Å². The van der Waals surface area contributed by atoms with E-state index in [1.165, 1.54) is 6.07 Å². The van der Waals surface area contributed by atoms with Crippen molar-refractivity contribution in [2.75, 3.05) is 11.5 Å². The van der Waals surface area contributed by atoms with Crippen LogP contribution in [0.2, 0.25) is 0 Å². The quantitative estimate of drug-likeness (QED) is 0.873. The molecule has 0 radical (unpaired) electrons. The van der Waals surface area contributed by atoms with Crippen molar-refractivity contribution in [1.29, 1.82) is 0 Å². The first-order chi connectivity index (χ1) is 9.36. The Labute approximate surface area is 118 Å². The number of unbranched alkanes of at least 4 members (excludes halogenated alkanes) is 1. The maximum Gasteiger partial charge on any atom is 0.267 e. The second-order valence-corrected chi connectivity index (χ2v) is 6.82. The molecule has 1 aromatic carbocycles. The first kappa shape index (κ1) is 14.6. The standard InChI is InChI=1S/C14H18N2O3S/c1-3-4-7-20(18,19)16-13-9-12(15)6-5-11(13)8-10(2)14(16)17/h5-6,8-9H,3-4,7,15H2,1-2H3. The van der Waals surface area contributed by atoms with E-state index in [1.807, 2.05) is 6.92 Å². The van der Waals surface area contributed by atoms with Gasteiger partial charge in [-0.15, -0.1) is 0 Å². The maximum atomic E-state index is 12.4. The number of anilines is 1. The second kappa shape index (κ2) is 5.28. The fourth-order valence-electron chi connectivity index (χ4n) is 2.12. The molecule has 2 N–H and O–H groups in total. The lowest BCUT2D eigenvalue weighted by atomic mass is 10.1. The molecule has 0 spiro atoms. The Kier molecular flexibility index (Phi) is 3.85. The van der Waals surface area contributed by atoms with Crippen LogP contribution in [0.3, 0.4) is 0 Å². The van der Waals surface area contributed by atoms with E-state index < -0.39 is 15.6 Å². The molecular formula is C14H18N2O3S. The largest absolute Gasteiger partial charge is 0.399 e. The van der Waals surface area contributed by atoms with E-state index in [2.05, 4.69) is 0 Å².